The number of carbonyl (C=O) groups excluding carboxylic acids is 3. The highest BCUT2D eigenvalue weighted by Gasteiger charge is 2.39. The molecule has 0 aliphatic carbocycles. The Kier molecular flexibility index (Phi) is 7.22. The summed E-state index contributed by atoms with van der Waals surface area (Å²) in [7, 11) is 0. The summed E-state index contributed by atoms with van der Waals surface area (Å²) in [4.78, 5) is 44.3. The first-order valence-electron chi connectivity index (χ1n) is 10.2. The van der Waals surface area contributed by atoms with Crippen LogP contribution in [-0.2, 0) is 20.8 Å². The quantitative estimate of drug-likeness (QED) is 0.517. The summed E-state index contributed by atoms with van der Waals surface area (Å²) >= 11 is 6.92. The van der Waals surface area contributed by atoms with Crippen LogP contribution in [-0.4, -0.2) is 28.6 Å². The molecule has 0 bridgehead atoms. The van der Waals surface area contributed by atoms with E-state index in [1.54, 1.807) is 48.5 Å². The highest BCUT2D eigenvalue weighted by Crippen LogP contribution is 2.28. The van der Waals surface area contributed by atoms with Crippen LogP contribution in [0.15, 0.2) is 89.9 Å². The molecule has 0 radical (unpaired) electrons. The molecule has 1 atom stereocenters. The fourth-order valence-electron chi connectivity index (χ4n) is 3.37. The van der Waals surface area contributed by atoms with E-state index in [1.807, 2.05) is 36.4 Å². The van der Waals surface area contributed by atoms with Gasteiger partial charge in [-0.25, -0.2) is 0 Å². The number of nitrogens with zero attached hydrogens (tertiary/aromatic N) is 2. The van der Waals surface area contributed by atoms with Crippen LogP contribution in [0.4, 0.5) is 11.4 Å². The fraction of sp³-hybridized carbons (Fsp3) is 0.120. The molecule has 8 heteroatoms. The number of nitrogens with one attached hydrogen (secondary N) is 1. The zero-order valence-electron chi connectivity index (χ0n) is 17.5. The van der Waals surface area contributed by atoms with E-state index in [0.29, 0.717) is 16.4 Å². The molecule has 0 saturated heterocycles. The van der Waals surface area contributed by atoms with Crippen molar-refractivity contribution in [3.05, 3.63) is 95.5 Å². The van der Waals surface area contributed by atoms with E-state index in [-0.39, 0.29) is 29.2 Å². The lowest BCUT2D eigenvalue weighted by Gasteiger charge is -2.30. The van der Waals surface area contributed by atoms with E-state index in [0.717, 1.165) is 17.3 Å². The summed E-state index contributed by atoms with van der Waals surface area (Å²) < 4.78 is 0. The number of rotatable bonds is 6. The number of thioether (sulfide) groups is 1. The highest BCUT2D eigenvalue weighted by molar-refractivity contribution is 8.14. The van der Waals surface area contributed by atoms with Crippen molar-refractivity contribution in [2.24, 2.45) is 10.9 Å². The molecule has 6 nitrogen and oxygen atoms in total. The van der Waals surface area contributed by atoms with Gasteiger partial charge in [0.05, 0.1) is 11.4 Å². The van der Waals surface area contributed by atoms with Gasteiger partial charge in [-0.1, -0.05) is 71.9 Å². The Bertz CT molecular complexity index is 1180. The van der Waals surface area contributed by atoms with Gasteiger partial charge in [-0.3, -0.25) is 19.3 Å². The molecule has 1 aliphatic rings. The summed E-state index contributed by atoms with van der Waals surface area (Å²) in [6, 6.07) is 25.1. The van der Waals surface area contributed by atoms with E-state index < -0.39 is 11.8 Å². The topological polar surface area (TPSA) is 78.8 Å². The van der Waals surface area contributed by atoms with Crippen LogP contribution in [0.25, 0.3) is 0 Å². The lowest BCUT2D eigenvalue weighted by molar-refractivity contribution is -0.132. The van der Waals surface area contributed by atoms with Crippen LogP contribution in [0.2, 0.25) is 5.02 Å². The number of amidine groups is 1. The minimum Gasteiger partial charge on any atom is -0.325 e. The molecular weight excluding hydrogens is 458 g/mol. The summed E-state index contributed by atoms with van der Waals surface area (Å²) in [6.45, 7) is 0. The zero-order valence-corrected chi connectivity index (χ0v) is 19.1. The number of anilines is 2. The second kappa shape index (κ2) is 10.5. The molecule has 0 aromatic heterocycles. The van der Waals surface area contributed by atoms with E-state index in [9.17, 15) is 14.4 Å². The molecule has 1 unspecified atom stereocenters. The van der Waals surface area contributed by atoms with Crippen LogP contribution in [0.1, 0.15) is 5.56 Å². The number of benzene rings is 3. The standard InChI is InChI=1S/C25H20ClN3O3S/c26-18-11-13-19(14-12-18)27-22(30)16-33-25-28-23(31)21(15-17-7-3-1-4-8-17)24(32)29(25)20-9-5-2-6-10-20/h1-14,21H,15-16H2,(H,27,30). The molecule has 0 spiro atoms. The Morgan fingerprint density at radius 1 is 0.939 bits per heavy atom. The molecule has 1 aliphatic heterocycles. The third-order valence-corrected chi connectivity index (χ3v) is 6.16. The van der Waals surface area contributed by atoms with Gasteiger partial charge < -0.3 is 5.32 Å². The number of amides is 3. The Hall–Kier alpha value is -3.42. The van der Waals surface area contributed by atoms with E-state index >= 15 is 0 Å². The van der Waals surface area contributed by atoms with E-state index in [4.69, 9.17) is 11.6 Å². The average Bonchev–Trinajstić information content (AvgIpc) is 2.83. The average molecular weight is 478 g/mol. The molecule has 3 aromatic rings. The number of para-hydroxylation sites is 1. The van der Waals surface area contributed by atoms with Crippen LogP contribution >= 0.6 is 23.4 Å². The van der Waals surface area contributed by atoms with Crippen molar-refractivity contribution in [3.63, 3.8) is 0 Å². The Labute approximate surface area is 200 Å². The molecule has 1 N–H and O–H groups in total. The maximum absolute atomic E-state index is 13.4. The lowest BCUT2D eigenvalue weighted by Crippen LogP contribution is -2.47. The first kappa shape index (κ1) is 22.8. The maximum atomic E-state index is 13.4. The largest absolute Gasteiger partial charge is 0.325 e. The van der Waals surface area contributed by atoms with Gasteiger partial charge in [0, 0.05) is 10.7 Å². The fourth-order valence-corrected chi connectivity index (χ4v) is 4.31. The van der Waals surface area contributed by atoms with Crippen molar-refractivity contribution in [1.29, 1.82) is 0 Å². The zero-order chi connectivity index (χ0) is 23.2. The predicted octanol–water partition coefficient (Wildman–Crippen LogP) is 4.80. The van der Waals surface area contributed by atoms with Crippen molar-refractivity contribution >= 4 is 57.6 Å². The Morgan fingerprint density at radius 3 is 2.24 bits per heavy atom. The van der Waals surface area contributed by atoms with Gasteiger partial charge in [0.1, 0.15) is 5.92 Å². The molecule has 0 fully saturated rings. The molecule has 0 saturated carbocycles. The summed E-state index contributed by atoms with van der Waals surface area (Å²) in [5.41, 5.74) is 2.08. The number of aliphatic imine (C=N–C) groups is 1. The van der Waals surface area contributed by atoms with Gasteiger partial charge in [0.15, 0.2) is 5.17 Å². The van der Waals surface area contributed by atoms with Crippen LogP contribution in [0, 0.1) is 5.92 Å². The minimum absolute atomic E-state index is 0.0191. The minimum atomic E-state index is -0.917. The van der Waals surface area contributed by atoms with Crippen molar-refractivity contribution in [3.8, 4) is 0 Å². The van der Waals surface area contributed by atoms with Gasteiger partial charge in [-0.15, -0.1) is 0 Å². The molecule has 3 amide bonds. The first-order chi connectivity index (χ1) is 16.0. The van der Waals surface area contributed by atoms with Crippen LogP contribution < -0.4 is 10.2 Å². The van der Waals surface area contributed by atoms with Crippen molar-refractivity contribution < 1.29 is 14.4 Å². The Morgan fingerprint density at radius 2 is 1.58 bits per heavy atom. The molecular formula is C25H20ClN3O3S. The number of hydrogen-bond acceptors (Lipinski definition) is 4. The molecule has 1 heterocycles. The second-order valence-corrected chi connectivity index (χ2v) is 8.71. The monoisotopic (exact) mass is 477 g/mol. The number of hydrogen-bond donors (Lipinski definition) is 1. The van der Waals surface area contributed by atoms with Gasteiger partial charge in [0.2, 0.25) is 11.8 Å². The van der Waals surface area contributed by atoms with Crippen molar-refractivity contribution in [1.82, 2.24) is 0 Å². The summed E-state index contributed by atoms with van der Waals surface area (Å²) in [6.07, 6.45) is 0.264. The summed E-state index contributed by atoms with van der Waals surface area (Å²) in [5.74, 6) is -2.08. The van der Waals surface area contributed by atoms with Crippen LogP contribution in [0.3, 0.4) is 0 Å². The second-order valence-electron chi connectivity index (χ2n) is 7.33. The van der Waals surface area contributed by atoms with Gasteiger partial charge >= 0.3 is 0 Å². The number of carbonyl (C=O) groups is 3. The first-order valence-corrected chi connectivity index (χ1v) is 11.6. The predicted molar refractivity (Wildman–Crippen MR) is 133 cm³/mol. The Balaban J connectivity index is 1.53. The SMILES string of the molecule is O=C(CSC1=NC(=O)C(Cc2ccccc2)C(=O)N1c1ccccc1)Nc1ccc(Cl)cc1. The van der Waals surface area contributed by atoms with Crippen LogP contribution in [0.5, 0.6) is 0 Å². The van der Waals surface area contributed by atoms with Crippen molar-refractivity contribution in [2.75, 3.05) is 16.0 Å². The third-order valence-electron chi connectivity index (χ3n) is 4.97. The maximum Gasteiger partial charge on any atom is 0.261 e. The molecule has 33 heavy (non-hydrogen) atoms. The van der Waals surface area contributed by atoms with E-state index in [2.05, 4.69) is 10.3 Å². The van der Waals surface area contributed by atoms with Gasteiger partial charge in [0.25, 0.3) is 5.91 Å². The number of halogens is 1. The van der Waals surface area contributed by atoms with Crippen molar-refractivity contribution in [2.45, 2.75) is 6.42 Å². The van der Waals surface area contributed by atoms with Gasteiger partial charge in [-0.2, -0.15) is 4.99 Å². The highest BCUT2D eigenvalue weighted by atomic mass is 35.5. The lowest BCUT2D eigenvalue weighted by atomic mass is 9.96. The normalized spacial score (nSPS) is 15.8. The third kappa shape index (κ3) is 5.69. The molecule has 3 aromatic carbocycles. The van der Waals surface area contributed by atoms with Gasteiger partial charge in [-0.05, 0) is 48.4 Å². The smallest absolute Gasteiger partial charge is 0.261 e. The van der Waals surface area contributed by atoms with E-state index in [1.165, 1.54) is 4.90 Å². The molecule has 4 rings (SSSR count). The summed E-state index contributed by atoms with van der Waals surface area (Å²) in [5, 5.41) is 3.52. The molecule has 166 valence electrons.